The Hall–Kier alpha value is -2.04. The fraction of sp³-hybridized carbons (Fsp3) is 0.556. The topological polar surface area (TPSA) is 55.8 Å². The minimum absolute atomic E-state index is 0.00326. The molecule has 0 aliphatic carbocycles. The van der Waals surface area contributed by atoms with Crippen molar-refractivity contribution in [2.24, 2.45) is 0 Å². The van der Waals surface area contributed by atoms with Crippen LogP contribution in [0.15, 0.2) is 24.3 Å². The highest BCUT2D eigenvalue weighted by Crippen LogP contribution is 2.16. The summed E-state index contributed by atoms with van der Waals surface area (Å²) < 4.78 is 10.5. The van der Waals surface area contributed by atoms with Gasteiger partial charge in [-0.1, -0.05) is 0 Å². The second kappa shape index (κ2) is 9.18. The van der Waals surface area contributed by atoms with E-state index in [1.807, 2.05) is 27.7 Å². The molecule has 5 nitrogen and oxygen atoms in total. The van der Waals surface area contributed by atoms with E-state index in [4.69, 9.17) is 9.47 Å². The maximum atomic E-state index is 12.6. The quantitative estimate of drug-likeness (QED) is 0.690. The summed E-state index contributed by atoms with van der Waals surface area (Å²) in [6.07, 6.45) is 0.292. The normalized spacial score (nSPS) is 10.7. The minimum atomic E-state index is -0.286. The van der Waals surface area contributed by atoms with Crippen molar-refractivity contribution in [1.29, 1.82) is 0 Å². The Balaban J connectivity index is 2.75. The van der Waals surface area contributed by atoms with Crippen LogP contribution in [0.1, 0.15) is 51.4 Å². The SMILES string of the molecule is CCOC(=O)CCN(C(=O)c1ccc(OC(C)C)cc1)C(C)C. The second-order valence-corrected chi connectivity index (χ2v) is 5.84. The standard InChI is InChI=1S/C18H27NO4/c1-6-22-17(20)11-12-19(13(2)3)18(21)15-7-9-16(10-8-15)23-14(4)5/h7-10,13-14H,6,11-12H2,1-5H3. The summed E-state index contributed by atoms with van der Waals surface area (Å²) in [5.41, 5.74) is 0.582. The van der Waals surface area contributed by atoms with Crippen molar-refractivity contribution in [2.45, 2.75) is 53.2 Å². The molecule has 0 unspecified atom stereocenters. The van der Waals surface area contributed by atoms with Gasteiger partial charge >= 0.3 is 5.97 Å². The average molecular weight is 321 g/mol. The molecule has 128 valence electrons. The van der Waals surface area contributed by atoms with E-state index in [0.29, 0.717) is 18.7 Å². The van der Waals surface area contributed by atoms with Gasteiger partial charge in [-0.25, -0.2) is 0 Å². The predicted octanol–water partition coefficient (Wildman–Crippen LogP) is 3.28. The number of nitrogens with zero attached hydrogens (tertiary/aromatic N) is 1. The van der Waals surface area contributed by atoms with Crippen LogP contribution in [0.5, 0.6) is 5.75 Å². The van der Waals surface area contributed by atoms with E-state index in [2.05, 4.69) is 0 Å². The summed E-state index contributed by atoms with van der Waals surface area (Å²) in [4.78, 5) is 25.8. The maximum Gasteiger partial charge on any atom is 0.307 e. The summed E-state index contributed by atoms with van der Waals surface area (Å²) >= 11 is 0. The van der Waals surface area contributed by atoms with Crippen LogP contribution in [0.25, 0.3) is 0 Å². The third-order valence-corrected chi connectivity index (χ3v) is 3.22. The molecule has 0 saturated heterocycles. The molecule has 0 aromatic heterocycles. The lowest BCUT2D eigenvalue weighted by Crippen LogP contribution is -2.38. The first-order chi connectivity index (χ1) is 10.8. The fourth-order valence-corrected chi connectivity index (χ4v) is 2.15. The molecule has 5 heteroatoms. The van der Waals surface area contributed by atoms with Crippen molar-refractivity contribution >= 4 is 11.9 Å². The van der Waals surface area contributed by atoms with Crippen LogP contribution in [0.2, 0.25) is 0 Å². The van der Waals surface area contributed by atoms with Crippen LogP contribution in [-0.2, 0) is 9.53 Å². The number of benzene rings is 1. The number of esters is 1. The Morgan fingerprint density at radius 2 is 1.70 bits per heavy atom. The number of hydrogen-bond acceptors (Lipinski definition) is 4. The highest BCUT2D eigenvalue weighted by molar-refractivity contribution is 5.94. The first-order valence-electron chi connectivity index (χ1n) is 8.08. The van der Waals surface area contributed by atoms with Gasteiger partial charge in [-0.15, -0.1) is 0 Å². The molecule has 0 aliphatic rings. The monoisotopic (exact) mass is 321 g/mol. The van der Waals surface area contributed by atoms with Crippen molar-refractivity contribution in [3.63, 3.8) is 0 Å². The molecule has 0 heterocycles. The van der Waals surface area contributed by atoms with E-state index >= 15 is 0 Å². The molecule has 1 aromatic rings. The van der Waals surface area contributed by atoms with Gasteiger partial charge in [0.15, 0.2) is 0 Å². The van der Waals surface area contributed by atoms with Gasteiger partial charge in [0.25, 0.3) is 5.91 Å². The smallest absolute Gasteiger partial charge is 0.307 e. The van der Waals surface area contributed by atoms with Gasteiger partial charge in [0.2, 0.25) is 0 Å². The zero-order valence-electron chi connectivity index (χ0n) is 14.7. The van der Waals surface area contributed by atoms with E-state index in [9.17, 15) is 9.59 Å². The predicted molar refractivity (Wildman–Crippen MR) is 89.6 cm³/mol. The van der Waals surface area contributed by atoms with E-state index in [1.54, 1.807) is 36.1 Å². The van der Waals surface area contributed by atoms with Crippen molar-refractivity contribution in [1.82, 2.24) is 4.90 Å². The van der Waals surface area contributed by atoms with Crippen LogP contribution in [-0.4, -0.2) is 42.1 Å². The van der Waals surface area contributed by atoms with Crippen molar-refractivity contribution in [3.8, 4) is 5.75 Å². The van der Waals surface area contributed by atoms with Gasteiger partial charge in [-0.05, 0) is 58.9 Å². The lowest BCUT2D eigenvalue weighted by molar-refractivity contribution is -0.143. The Kier molecular flexibility index (Phi) is 7.59. The van der Waals surface area contributed by atoms with Gasteiger partial charge in [0.1, 0.15) is 5.75 Å². The van der Waals surface area contributed by atoms with Crippen LogP contribution < -0.4 is 4.74 Å². The zero-order valence-corrected chi connectivity index (χ0v) is 14.7. The second-order valence-electron chi connectivity index (χ2n) is 5.84. The first-order valence-corrected chi connectivity index (χ1v) is 8.08. The minimum Gasteiger partial charge on any atom is -0.491 e. The summed E-state index contributed by atoms with van der Waals surface area (Å²) in [7, 11) is 0. The van der Waals surface area contributed by atoms with Crippen LogP contribution in [0, 0.1) is 0 Å². The van der Waals surface area contributed by atoms with E-state index in [0.717, 1.165) is 5.75 Å². The summed E-state index contributed by atoms with van der Waals surface area (Å²) in [6.45, 7) is 10.2. The lowest BCUT2D eigenvalue weighted by atomic mass is 10.1. The van der Waals surface area contributed by atoms with Crippen LogP contribution >= 0.6 is 0 Å². The van der Waals surface area contributed by atoms with Gasteiger partial charge < -0.3 is 14.4 Å². The first kappa shape index (κ1) is 19.0. The van der Waals surface area contributed by atoms with Gasteiger partial charge in [0, 0.05) is 18.2 Å². The molecule has 0 saturated carbocycles. The Morgan fingerprint density at radius 3 is 2.17 bits per heavy atom. The lowest BCUT2D eigenvalue weighted by Gasteiger charge is -2.26. The molecule has 0 atom stereocenters. The summed E-state index contributed by atoms with van der Waals surface area (Å²) in [5.74, 6) is 0.353. The molecule has 1 rings (SSSR count). The highest BCUT2D eigenvalue weighted by Gasteiger charge is 2.20. The van der Waals surface area contributed by atoms with Crippen molar-refractivity contribution in [3.05, 3.63) is 29.8 Å². The molecule has 0 aliphatic heterocycles. The molecule has 0 N–H and O–H groups in total. The van der Waals surface area contributed by atoms with E-state index < -0.39 is 0 Å². The fourth-order valence-electron chi connectivity index (χ4n) is 2.15. The Morgan fingerprint density at radius 1 is 1.09 bits per heavy atom. The molecule has 1 aromatic carbocycles. The van der Waals surface area contributed by atoms with Crippen LogP contribution in [0.3, 0.4) is 0 Å². The number of carbonyl (C=O) groups excluding carboxylic acids is 2. The Bertz CT molecular complexity index is 508. The van der Waals surface area contributed by atoms with Crippen molar-refractivity contribution in [2.75, 3.05) is 13.2 Å². The molecular weight excluding hydrogens is 294 g/mol. The number of amides is 1. The van der Waals surface area contributed by atoms with Gasteiger partial charge in [0.05, 0.1) is 19.1 Å². The molecular formula is C18H27NO4. The van der Waals surface area contributed by atoms with Crippen molar-refractivity contribution < 1.29 is 19.1 Å². The molecule has 0 spiro atoms. The third-order valence-electron chi connectivity index (χ3n) is 3.22. The Labute approximate surface area is 138 Å². The largest absolute Gasteiger partial charge is 0.491 e. The maximum absolute atomic E-state index is 12.6. The number of carbonyl (C=O) groups is 2. The van der Waals surface area contributed by atoms with Gasteiger partial charge in [-0.3, -0.25) is 9.59 Å². The van der Waals surface area contributed by atoms with Gasteiger partial charge in [-0.2, -0.15) is 0 Å². The van der Waals surface area contributed by atoms with E-state index in [-0.39, 0.29) is 30.4 Å². The molecule has 0 radical (unpaired) electrons. The molecule has 1 amide bonds. The number of rotatable bonds is 8. The average Bonchev–Trinajstić information content (AvgIpc) is 2.47. The summed E-state index contributed by atoms with van der Waals surface area (Å²) in [5, 5.41) is 0. The zero-order chi connectivity index (χ0) is 17.4. The van der Waals surface area contributed by atoms with E-state index in [1.165, 1.54) is 0 Å². The molecule has 0 fully saturated rings. The van der Waals surface area contributed by atoms with Crippen LogP contribution in [0.4, 0.5) is 0 Å². The number of hydrogen-bond donors (Lipinski definition) is 0. The molecule has 23 heavy (non-hydrogen) atoms. The number of ether oxygens (including phenoxy) is 2. The highest BCUT2D eigenvalue weighted by atomic mass is 16.5. The summed E-state index contributed by atoms with van der Waals surface area (Å²) in [6, 6.07) is 7.08. The third kappa shape index (κ3) is 6.30. The molecule has 0 bridgehead atoms.